The summed E-state index contributed by atoms with van der Waals surface area (Å²) in [6.45, 7) is 6.28. The maximum absolute atomic E-state index is 14.0. The van der Waals surface area contributed by atoms with Gasteiger partial charge in [0, 0.05) is 73.7 Å². The molecule has 2 aliphatic heterocycles. The second-order valence-electron chi connectivity index (χ2n) is 11.9. The fourth-order valence-corrected chi connectivity index (χ4v) is 6.65. The molecule has 1 saturated carbocycles. The number of aromatic nitrogens is 1. The second-order valence-corrected chi connectivity index (χ2v) is 11.9. The van der Waals surface area contributed by atoms with E-state index in [4.69, 9.17) is 4.99 Å². The van der Waals surface area contributed by atoms with Crippen molar-refractivity contribution >= 4 is 40.4 Å². The monoisotopic (exact) mass is 593 g/mol. The van der Waals surface area contributed by atoms with Crippen LogP contribution in [-0.4, -0.2) is 61.5 Å². The normalized spacial score (nSPS) is 19.2. The van der Waals surface area contributed by atoms with Crippen molar-refractivity contribution in [3.8, 4) is 0 Å². The molecule has 9 heteroatoms. The van der Waals surface area contributed by atoms with Gasteiger partial charge >= 0.3 is 6.03 Å². The highest BCUT2D eigenvalue weighted by Crippen LogP contribution is 2.34. The van der Waals surface area contributed by atoms with Crippen molar-refractivity contribution in [1.82, 2.24) is 10.3 Å². The van der Waals surface area contributed by atoms with Gasteiger partial charge < -0.3 is 25.3 Å². The van der Waals surface area contributed by atoms with Crippen LogP contribution in [0.3, 0.4) is 0 Å². The fourth-order valence-electron chi connectivity index (χ4n) is 6.65. The number of para-hydroxylation sites is 1. The average molecular weight is 594 g/mol. The number of urea groups is 1. The van der Waals surface area contributed by atoms with Gasteiger partial charge in [0.05, 0.1) is 11.4 Å². The van der Waals surface area contributed by atoms with E-state index in [1.165, 1.54) is 12.1 Å². The molecular weight excluding hydrogens is 550 g/mol. The summed E-state index contributed by atoms with van der Waals surface area (Å²) in [5.74, 6) is 0.0968. The predicted octanol–water partition coefficient (Wildman–Crippen LogP) is 6.07. The van der Waals surface area contributed by atoms with Gasteiger partial charge in [-0.3, -0.25) is 14.8 Å². The van der Waals surface area contributed by atoms with E-state index in [2.05, 4.69) is 44.5 Å². The van der Waals surface area contributed by atoms with Gasteiger partial charge in [-0.2, -0.15) is 0 Å². The highest BCUT2D eigenvalue weighted by molar-refractivity contribution is 6.14. The van der Waals surface area contributed by atoms with Crippen LogP contribution in [0.15, 0.2) is 78.0 Å². The summed E-state index contributed by atoms with van der Waals surface area (Å²) in [5.41, 5.74) is 5.79. The van der Waals surface area contributed by atoms with Crippen molar-refractivity contribution in [2.45, 2.75) is 58.0 Å². The number of carbonyl (C=O) groups is 2. The molecule has 0 spiro atoms. The Balaban J connectivity index is 1.17. The van der Waals surface area contributed by atoms with E-state index in [-0.39, 0.29) is 11.8 Å². The summed E-state index contributed by atoms with van der Waals surface area (Å²) in [5, 5.41) is 5.92. The molecule has 3 aromatic rings. The van der Waals surface area contributed by atoms with Gasteiger partial charge in [0.15, 0.2) is 0 Å². The molecule has 2 fully saturated rings. The van der Waals surface area contributed by atoms with Crippen LogP contribution < -0.4 is 25.3 Å². The van der Waals surface area contributed by atoms with Crippen LogP contribution in [0.5, 0.6) is 0 Å². The number of amides is 3. The number of benzodiazepines with no additional fused rings is 1. The first-order valence-corrected chi connectivity index (χ1v) is 16.2. The smallest absolute Gasteiger partial charge is 0.321 e. The first-order chi connectivity index (χ1) is 21.6. The molecule has 230 valence electrons. The van der Waals surface area contributed by atoms with E-state index in [1.807, 2.05) is 65.8 Å². The lowest BCUT2D eigenvalue weighted by molar-refractivity contribution is -0.120. The summed E-state index contributed by atoms with van der Waals surface area (Å²) in [7, 11) is 0. The highest BCUT2D eigenvalue weighted by Gasteiger charge is 2.35. The number of anilines is 4. The van der Waals surface area contributed by atoms with Crippen LogP contribution in [0.2, 0.25) is 0 Å². The zero-order valence-electron chi connectivity index (χ0n) is 25.6. The molecule has 1 aromatic heterocycles. The molecule has 3 aliphatic rings. The number of rotatable bonds is 8. The quantitative estimate of drug-likeness (QED) is 0.331. The maximum atomic E-state index is 14.0. The number of unbranched alkanes of at least 4 members (excludes halogenated alkanes) is 1. The van der Waals surface area contributed by atoms with Crippen molar-refractivity contribution < 1.29 is 9.59 Å². The summed E-state index contributed by atoms with van der Waals surface area (Å²) in [4.78, 5) is 43.1. The Morgan fingerprint density at radius 2 is 1.61 bits per heavy atom. The molecule has 3 amide bonds. The van der Waals surface area contributed by atoms with Crippen molar-refractivity contribution in [2.75, 3.05) is 52.7 Å². The number of hydrogen-bond donors (Lipinski definition) is 2. The van der Waals surface area contributed by atoms with Crippen LogP contribution in [0.1, 0.15) is 57.4 Å². The number of piperazine rings is 1. The second kappa shape index (κ2) is 13.9. The minimum Gasteiger partial charge on any atom is -0.368 e. The fraction of sp³-hybridized carbons (Fsp3) is 0.429. The Bertz CT molecular complexity index is 1460. The lowest BCUT2D eigenvalue weighted by Gasteiger charge is -2.37. The van der Waals surface area contributed by atoms with Crippen LogP contribution in [0, 0.1) is 5.92 Å². The molecular formula is C35H43N7O2. The number of pyridine rings is 1. The molecule has 1 aliphatic carbocycles. The highest BCUT2D eigenvalue weighted by atomic mass is 16.2. The average Bonchev–Trinajstić information content (AvgIpc) is 3.18. The molecule has 1 unspecified atom stereocenters. The standard InChI is InChI=1S/C35H43N7O2/c1-2-3-20-42-31-15-8-7-14-30(31)32(26-10-5-4-6-11-26)38-33(34(42)43)39-35(44)37-27-12-9-13-29(25-27)41-23-21-40(22-24-41)28-16-18-36-19-17-28/h7-9,12-19,25-26,33H,2-6,10-11,20-24H2,1H3,(H2,37,39,44). The summed E-state index contributed by atoms with van der Waals surface area (Å²) >= 11 is 0. The molecule has 2 N–H and O–H groups in total. The number of nitrogens with one attached hydrogen (secondary N) is 2. The van der Waals surface area contributed by atoms with Gasteiger partial charge in [-0.05, 0) is 55.7 Å². The number of hydrogen-bond acceptors (Lipinski definition) is 6. The van der Waals surface area contributed by atoms with Crippen LogP contribution in [-0.2, 0) is 4.79 Å². The number of fused-ring (bicyclic) bond motifs is 1. The van der Waals surface area contributed by atoms with Crippen molar-refractivity contribution in [3.05, 3.63) is 78.6 Å². The largest absolute Gasteiger partial charge is 0.368 e. The number of nitrogens with zero attached hydrogens (tertiary/aromatic N) is 5. The van der Waals surface area contributed by atoms with Gasteiger partial charge in [0.2, 0.25) is 6.17 Å². The molecule has 1 saturated heterocycles. The van der Waals surface area contributed by atoms with E-state index >= 15 is 0 Å². The Kier molecular flexibility index (Phi) is 9.39. The van der Waals surface area contributed by atoms with Crippen LogP contribution in [0.25, 0.3) is 0 Å². The molecule has 44 heavy (non-hydrogen) atoms. The lowest BCUT2D eigenvalue weighted by atomic mass is 9.83. The lowest BCUT2D eigenvalue weighted by Crippen LogP contribution is -2.49. The van der Waals surface area contributed by atoms with E-state index in [0.29, 0.717) is 12.2 Å². The van der Waals surface area contributed by atoms with E-state index in [0.717, 1.165) is 87.4 Å². The van der Waals surface area contributed by atoms with E-state index in [1.54, 1.807) is 0 Å². The molecule has 9 nitrogen and oxygen atoms in total. The van der Waals surface area contributed by atoms with Gasteiger partial charge in [-0.25, -0.2) is 4.79 Å². The van der Waals surface area contributed by atoms with E-state index < -0.39 is 12.2 Å². The van der Waals surface area contributed by atoms with Gasteiger partial charge in [-0.1, -0.05) is 56.9 Å². The van der Waals surface area contributed by atoms with Crippen molar-refractivity contribution in [3.63, 3.8) is 0 Å². The topological polar surface area (TPSA) is 93.2 Å². The van der Waals surface area contributed by atoms with Crippen LogP contribution >= 0.6 is 0 Å². The SMILES string of the molecule is CCCCN1C(=O)C(NC(=O)Nc2cccc(N3CCN(c4ccncc4)CC3)c2)N=C(C2CCCCC2)c2ccccc21. The Labute approximate surface area is 260 Å². The third-order valence-electron chi connectivity index (χ3n) is 9.01. The Morgan fingerprint density at radius 1 is 0.886 bits per heavy atom. The van der Waals surface area contributed by atoms with Gasteiger partial charge in [0.25, 0.3) is 5.91 Å². The van der Waals surface area contributed by atoms with Gasteiger partial charge in [-0.15, -0.1) is 0 Å². The van der Waals surface area contributed by atoms with Crippen molar-refractivity contribution in [2.24, 2.45) is 10.9 Å². The summed E-state index contributed by atoms with van der Waals surface area (Å²) in [6, 6.07) is 19.7. The molecule has 2 aromatic carbocycles. The Morgan fingerprint density at radius 3 is 2.36 bits per heavy atom. The number of aliphatic imine (C=N–C) groups is 1. The minimum absolute atomic E-state index is 0.187. The summed E-state index contributed by atoms with van der Waals surface area (Å²) < 4.78 is 0. The van der Waals surface area contributed by atoms with Crippen molar-refractivity contribution in [1.29, 1.82) is 0 Å². The van der Waals surface area contributed by atoms with Crippen LogP contribution in [0.4, 0.5) is 27.5 Å². The van der Waals surface area contributed by atoms with E-state index in [9.17, 15) is 9.59 Å². The number of carbonyl (C=O) groups excluding carboxylic acids is 2. The summed E-state index contributed by atoms with van der Waals surface area (Å²) in [6.07, 6.45) is 10.2. The first kappa shape index (κ1) is 29.7. The Hall–Kier alpha value is -4.40. The number of benzene rings is 2. The molecule has 0 radical (unpaired) electrons. The molecule has 6 rings (SSSR count). The third kappa shape index (κ3) is 6.72. The third-order valence-corrected chi connectivity index (χ3v) is 9.01. The first-order valence-electron chi connectivity index (χ1n) is 16.2. The molecule has 3 heterocycles. The zero-order chi connectivity index (χ0) is 30.3. The minimum atomic E-state index is -0.986. The zero-order valence-corrected chi connectivity index (χ0v) is 25.6. The maximum Gasteiger partial charge on any atom is 0.321 e. The molecule has 0 bridgehead atoms. The van der Waals surface area contributed by atoms with Gasteiger partial charge in [0.1, 0.15) is 0 Å². The predicted molar refractivity (Wildman–Crippen MR) is 178 cm³/mol. The molecule has 1 atom stereocenters.